The first-order valence-corrected chi connectivity index (χ1v) is 8.41. The molecule has 23 heavy (non-hydrogen) atoms. The molecule has 2 aromatic rings. The SMILES string of the molecule is Cc1nc(-c2ccccn2)sc1C(=O)NCCNC(=O)C1CC1. The van der Waals surface area contributed by atoms with Crippen LogP contribution in [0.2, 0.25) is 0 Å². The Balaban J connectivity index is 1.55. The van der Waals surface area contributed by atoms with Gasteiger partial charge in [0, 0.05) is 25.2 Å². The topological polar surface area (TPSA) is 84.0 Å². The molecule has 0 spiro atoms. The maximum Gasteiger partial charge on any atom is 0.263 e. The number of rotatable bonds is 6. The van der Waals surface area contributed by atoms with Crippen LogP contribution in [-0.4, -0.2) is 34.9 Å². The summed E-state index contributed by atoms with van der Waals surface area (Å²) in [4.78, 5) is 33.0. The first-order chi connectivity index (χ1) is 11.1. The summed E-state index contributed by atoms with van der Waals surface area (Å²) in [5.74, 6) is 0.115. The summed E-state index contributed by atoms with van der Waals surface area (Å²) in [7, 11) is 0. The Morgan fingerprint density at radius 1 is 1.26 bits per heavy atom. The Bertz CT molecular complexity index is 710. The highest BCUT2D eigenvalue weighted by Gasteiger charge is 2.29. The van der Waals surface area contributed by atoms with E-state index in [9.17, 15) is 9.59 Å². The molecule has 0 unspecified atom stereocenters. The number of hydrogen-bond donors (Lipinski definition) is 2. The van der Waals surface area contributed by atoms with Crippen LogP contribution >= 0.6 is 11.3 Å². The molecule has 3 rings (SSSR count). The van der Waals surface area contributed by atoms with Gasteiger partial charge in [-0.3, -0.25) is 14.6 Å². The summed E-state index contributed by atoms with van der Waals surface area (Å²) in [5, 5.41) is 6.37. The molecule has 0 atom stereocenters. The van der Waals surface area contributed by atoms with Crippen LogP contribution in [0.4, 0.5) is 0 Å². The summed E-state index contributed by atoms with van der Waals surface area (Å²) in [6.07, 6.45) is 3.66. The summed E-state index contributed by atoms with van der Waals surface area (Å²) < 4.78 is 0. The molecule has 0 aliphatic heterocycles. The minimum Gasteiger partial charge on any atom is -0.354 e. The number of nitrogens with one attached hydrogen (secondary N) is 2. The molecule has 2 heterocycles. The number of carbonyl (C=O) groups excluding carboxylic acids is 2. The zero-order valence-electron chi connectivity index (χ0n) is 12.8. The van der Waals surface area contributed by atoms with E-state index in [-0.39, 0.29) is 17.7 Å². The maximum atomic E-state index is 12.2. The van der Waals surface area contributed by atoms with Gasteiger partial charge >= 0.3 is 0 Å². The summed E-state index contributed by atoms with van der Waals surface area (Å²) in [6, 6.07) is 5.60. The zero-order chi connectivity index (χ0) is 16.2. The van der Waals surface area contributed by atoms with E-state index in [1.54, 1.807) is 6.20 Å². The third-order valence-electron chi connectivity index (χ3n) is 3.54. The van der Waals surface area contributed by atoms with Crippen molar-refractivity contribution in [2.45, 2.75) is 19.8 Å². The van der Waals surface area contributed by atoms with Crippen LogP contribution in [0.1, 0.15) is 28.2 Å². The second kappa shape index (κ2) is 6.87. The fourth-order valence-corrected chi connectivity index (χ4v) is 3.10. The molecule has 0 bridgehead atoms. The van der Waals surface area contributed by atoms with Crippen molar-refractivity contribution in [3.8, 4) is 10.7 Å². The van der Waals surface area contributed by atoms with E-state index in [2.05, 4.69) is 20.6 Å². The molecule has 7 heteroatoms. The quantitative estimate of drug-likeness (QED) is 0.791. The molecule has 6 nitrogen and oxygen atoms in total. The predicted molar refractivity (Wildman–Crippen MR) is 88.1 cm³/mol. The normalized spacial score (nSPS) is 13.6. The molecule has 0 radical (unpaired) electrons. The number of pyridine rings is 1. The van der Waals surface area contributed by atoms with Crippen LogP contribution in [0.3, 0.4) is 0 Å². The van der Waals surface area contributed by atoms with Gasteiger partial charge in [0.05, 0.1) is 11.4 Å². The van der Waals surface area contributed by atoms with Gasteiger partial charge in [0.25, 0.3) is 5.91 Å². The van der Waals surface area contributed by atoms with Crippen LogP contribution < -0.4 is 10.6 Å². The standard InChI is InChI=1S/C16H18N4O2S/c1-10-13(23-16(20-10)12-4-2-3-7-17-12)15(22)19-9-8-18-14(21)11-5-6-11/h2-4,7,11H,5-6,8-9H2,1H3,(H,18,21)(H,19,22). The second-order valence-electron chi connectivity index (χ2n) is 5.47. The summed E-state index contributed by atoms with van der Waals surface area (Å²) >= 11 is 1.33. The van der Waals surface area contributed by atoms with Gasteiger partial charge in [-0.2, -0.15) is 0 Å². The molecular formula is C16H18N4O2S. The van der Waals surface area contributed by atoms with Crippen molar-refractivity contribution in [2.24, 2.45) is 5.92 Å². The van der Waals surface area contributed by atoms with Gasteiger partial charge in [-0.05, 0) is 31.9 Å². The molecule has 2 aromatic heterocycles. The Morgan fingerprint density at radius 2 is 2.04 bits per heavy atom. The number of thiazole rings is 1. The summed E-state index contributed by atoms with van der Waals surface area (Å²) in [6.45, 7) is 2.67. The van der Waals surface area contributed by atoms with Gasteiger partial charge in [-0.25, -0.2) is 4.98 Å². The summed E-state index contributed by atoms with van der Waals surface area (Å²) in [5.41, 5.74) is 1.45. The second-order valence-corrected chi connectivity index (χ2v) is 6.47. The van der Waals surface area contributed by atoms with E-state index in [0.29, 0.717) is 23.7 Å². The lowest BCUT2D eigenvalue weighted by atomic mass is 10.3. The number of carbonyl (C=O) groups is 2. The van der Waals surface area contributed by atoms with E-state index < -0.39 is 0 Å². The molecule has 120 valence electrons. The van der Waals surface area contributed by atoms with Crippen LogP contribution in [0.5, 0.6) is 0 Å². The molecule has 2 N–H and O–H groups in total. The largest absolute Gasteiger partial charge is 0.354 e. The lowest BCUT2D eigenvalue weighted by molar-refractivity contribution is -0.122. The highest BCUT2D eigenvalue weighted by atomic mass is 32.1. The van der Waals surface area contributed by atoms with Crippen molar-refractivity contribution in [2.75, 3.05) is 13.1 Å². The van der Waals surface area contributed by atoms with Gasteiger partial charge in [-0.1, -0.05) is 6.07 Å². The van der Waals surface area contributed by atoms with Gasteiger partial charge < -0.3 is 10.6 Å². The van der Waals surface area contributed by atoms with Gasteiger partial charge in [-0.15, -0.1) is 11.3 Å². The van der Waals surface area contributed by atoms with Crippen molar-refractivity contribution < 1.29 is 9.59 Å². The predicted octanol–water partition coefficient (Wildman–Crippen LogP) is 1.77. The maximum absolute atomic E-state index is 12.2. The van der Waals surface area contributed by atoms with Crippen LogP contribution in [0, 0.1) is 12.8 Å². The number of amides is 2. The number of aromatic nitrogens is 2. The van der Waals surface area contributed by atoms with E-state index in [1.807, 2.05) is 25.1 Å². The Labute approximate surface area is 138 Å². The van der Waals surface area contributed by atoms with Gasteiger partial charge in [0.1, 0.15) is 9.88 Å². The van der Waals surface area contributed by atoms with Crippen molar-refractivity contribution >= 4 is 23.2 Å². The molecule has 1 aliphatic carbocycles. The average Bonchev–Trinajstić information content (AvgIpc) is 3.34. The van der Waals surface area contributed by atoms with Crippen LogP contribution in [-0.2, 0) is 4.79 Å². The monoisotopic (exact) mass is 330 g/mol. The molecule has 1 aliphatic rings. The van der Waals surface area contributed by atoms with Crippen molar-refractivity contribution in [3.63, 3.8) is 0 Å². The number of nitrogens with zero attached hydrogens (tertiary/aromatic N) is 2. The minimum absolute atomic E-state index is 0.0886. The molecule has 1 saturated carbocycles. The van der Waals surface area contributed by atoms with Crippen LogP contribution in [0.25, 0.3) is 10.7 Å². The smallest absolute Gasteiger partial charge is 0.263 e. The fraction of sp³-hybridized carbons (Fsp3) is 0.375. The Hall–Kier alpha value is -2.28. The van der Waals surface area contributed by atoms with Gasteiger partial charge in [0.2, 0.25) is 5.91 Å². The Morgan fingerprint density at radius 3 is 2.74 bits per heavy atom. The Kier molecular flexibility index (Phi) is 4.66. The van der Waals surface area contributed by atoms with E-state index in [4.69, 9.17) is 0 Å². The third kappa shape index (κ3) is 3.92. The van der Waals surface area contributed by atoms with Gasteiger partial charge in [0.15, 0.2) is 0 Å². The minimum atomic E-state index is -0.164. The van der Waals surface area contributed by atoms with Crippen LogP contribution in [0.15, 0.2) is 24.4 Å². The highest BCUT2D eigenvalue weighted by molar-refractivity contribution is 7.17. The lowest BCUT2D eigenvalue weighted by Gasteiger charge is -2.05. The van der Waals surface area contributed by atoms with Crippen molar-refractivity contribution in [1.82, 2.24) is 20.6 Å². The zero-order valence-corrected chi connectivity index (χ0v) is 13.7. The van der Waals surface area contributed by atoms with E-state index >= 15 is 0 Å². The molecule has 0 saturated heterocycles. The molecule has 1 fully saturated rings. The van der Waals surface area contributed by atoms with Crippen molar-refractivity contribution in [1.29, 1.82) is 0 Å². The molecule has 2 amide bonds. The molecule has 0 aromatic carbocycles. The third-order valence-corrected chi connectivity index (χ3v) is 4.72. The number of hydrogen-bond acceptors (Lipinski definition) is 5. The van der Waals surface area contributed by atoms with Crippen molar-refractivity contribution in [3.05, 3.63) is 35.0 Å². The fourth-order valence-electron chi connectivity index (χ4n) is 2.14. The van der Waals surface area contributed by atoms with E-state index in [1.165, 1.54) is 11.3 Å². The average molecular weight is 330 g/mol. The number of aryl methyl sites for hydroxylation is 1. The first-order valence-electron chi connectivity index (χ1n) is 7.60. The van der Waals surface area contributed by atoms with E-state index in [0.717, 1.165) is 23.5 Å². The lowest BCUT2D eigenvalue weighted by Crippen LogP contribution is -2.35. The highest BCUT2D eigenvalue weighted by Crippen LogP contribution is 2.28. The first kappa shape index (κ1) is 15.6. The molecular weight excluding hydrogens is 312 g/mol.